The van der Waals surface area contributed by atoms with Crippen LogP contribution in [0.2, 0.25) is 0 Å². The molecule has 1 aromatic carbocycles. The number of amides is 2. The molecule has 0 aromatic heterocycles. The summed E-state index contributed by atoms with van der Waals surface area (Å²) < 4.78 is 0. The zero-order chi connectivity index (χ0) is 15.5. The van der Waals surface area contributed by atoms with E-state index in [4.69, 9.17) is 0 Å². The van der Waals surface area contributed by atoms with Crippen LogP contribution >= 0.6 is 0 Å². The number of carbonyl (C=O) groups excluding carboxylic acids is 2. The smallest absolute Gasteiger partial charge is 0.277 e. The molecule has 2 heterocycles. The molecule has 3 rings (SSSR count). The number of nitrogens with zero attached hydrogens (tertiary/aromatic N) is 2. The highest BCUT2D eigenvalue weighted by Gasteiger charge is 2.41. The minimum absolute atomic E-state index is 0.112. The lowest BCUT2D eigenvalue weighted by Gasteiger charge is -2.20. The van der Waals surface area contributed by atoms with Gasteiger partial charge in [0.25, 0.3) is 11.8 Å². The third kappa shape index (κ3) is 2.54. The van der Waals surface area contributed by atoms with Crippen LogP contribution in [0.3, 0.4) is 0 Å². The maximum atomic E-state index is 12.8. The zero-order valence-corrected chi connectivity index (χ0v) is 13.0. The van der Waals surface area contributed by atoms with Crippen molar-refractivity contribution in [1.29, 1.82) is 0 Å². The molecule has 0 spiro atoms. The van der Waals surface area contributed by atoms with Gasteiger partial charge in [0.05, 0.1) is 5.57 Å². The summed E-state index contributed by atoms with van der Waals surface area (Å²) in [7, 11) is 0. The quantitative estimate of drug-likeness (QED) is 0.785. The first kappa shape index (κ1) is 14.8. The molecule has 1 aromatic rings. The van der Waals surface area contributed by atoms with Crippen LogP contribution < -0.4 is 0 Å². The Morgan fingerprint density at radius 2 is 1.68 bits per heavy atom. The Kier molecular flexibility index (Phi) is 4.27. The SMILES string of the molecule is CCCCN1C(=O)C(c2ccccc2)=C(N2CCCC2)C1=O. The summed E-state index contributed by atoms with van der Waals surface area (Å²) >= 11 is 0. The molecule has 0 N–H and O–H groups in total. The van der Waals surface area contributed by atoms with Crippen molar-refractivity contribution in [2.75, 3.05) is 19.6 Å². The fraction of sp³-hybridized carbons (Fsp3) is 0.444. The lowest BCUT2D eigenvalue weighted by molar-refractivity contribution is -0.137. The third-order valence-corrected chi connectivity index (χ3v) is 4.36. The van der Waals surface area contributed by atoms with Crippen molar-refractivity contribution in [3.8, 4) is 0 Å². The van der Waals surface area contributed by atoms with Crippen LogP contribution in [0.1, 0.15) is 38.2 Å². The molecule has 0 bridgehead atoms. The summed E-state index contributed by atoms with van der Waals surface area (Å²) in [6.45, 7) is 4.32. The van der Waals surface area contributed by atoms with Crippen molar-refractivity contribution in [2.24, 2.45) is 0 Å². The fourth-order valence-corrected chi connectivity index (χ4v) is 3.18. The van der Waals surface area contributed by atoms with E-state index >= 15 is 0 Å². The Bertz CT molecular complexity index is 601. The highest BCUT2D eigenvalue weighted by Crippen LogP contribution is 2.33. The predicted molar refractivity (Wildman–Crippen MR) is 85.8 cm³/mol. The molecule has 0 atom stereocenters. The van der Waals surface area contributed by atoms with Gasteiger partial charge in [-0.25, -0.2) is 0 Å². The Balaban J connectivity index is 2.01. The van der Waals surface area contributed by atoms with E-state index in [1.807, 2.05) is 30.3 Å². The normalized spacial score (nSPS) is 18.8. The maximum absolute atomic E-state index is 12.8. The number of likely N-dealkylation sites (tertiary alicyclic amines) is 1. The Morgan fingerprint density at radius 1 is 1.00 bits per heavy atom. The van der Waals surface area contributed by atoms with Crippen LogP contribution in [0, 0.1) is 0 Å². The molecule has 0 radical (unpaired) electrons. The van der Waals surface area contributed by atoms with Crippen LogP contribution in [0.25, 0.3) is 5.57 Å². The molecule has 0 aliphatic carbocycles. The van der Waals surface area contributed by atoms with Crippen LogP contribution in [-0.2, 0) is 9.59 Å². The van der Waals surface area contributed by atoms with E-state index in [1.54, 1.807) is 0 Å². The van der Waals surface area contributed by atoms with Crippen LogP contribution in [0.15, 0.2) is 36.0 Å². The summed E-state index contributed by atoms with van der Waals surface area (Å²) in [5.74, 6) is -0.245. The van der Waals surface area contributed by atoms with Crippen LogP contribution in [0.5, 0.6) is 0 Å². The van der Waals surface area contributed by atoms with Gasteiger partial charge in [-0.3, -0.25) is 14.5 Å². The maximum Gasteiger partial charge on any atom is 0.277 e. The average Bonchev–Trinajstić information content (AvgIpc) is 3.14. The van der Waals surface area contributed by atoms with Crippen molar-refractivity contribution < 1.29 is 9.59 Å². The van der Waals surface area contributed by atoms with E-state index in [2.05, 4.69) is 11.8 Å². The van der Waals surface area contributed by atoms with Gasteiger partial charge < -0.3 is 4.90 Å². The largest absolute Gasteiger partial charge is 0.366 e. The minimum Gasteiger partial charge on any atom is -0.366 e. The Morgan fingerprint density at radius 3 is 2.32 bits per heavy atom. The van der Waals surface area contributed by atoms with Gasteiger partial charge >= 0.3 is 0 Å². The molecule has 4 nitrogen and oxygen atoms in total. The topological polar surface area (TPSA) is 40.6 Å². The molecule has 2 aliphatic rings. The molecular formula is C18H22N2O2. The van der Waals surface area contributed by atoms with E-state index in [0.29, 0.717) is 17.8 Å². The van der Waals surface area contributed by atoms with Crippen molar-refractivity contribution >= 4 is 17.4 Å². The molecular weight excluding hydrogens is 276 g/mol. The number of imide groups is 1. The highest BCUT2D eigenvalue weighted by atomic mass is 16.2. The lowest BCUT2D eigenvalue weighted by Crippen LogP contribution is -2.35. The van der Waals surface area contributed by atoms with Crippen LogP contribution in [0.4, 0.5) is 0 Å². The van der Waals surface area contributed by atoms with Crippen molar-refractivity contribution in [3.63, 3.8) is 0 Å². The number of hydrogen-bond donors (Lipinski definition) is 0. The molecule has 0 saturated carbocycles. The Hall–Kier alpha value is -2.10. The third-order valence-electron chi connectivity index (χ3n) is 4.36. The van der Waals surface area contributed by atoms with E-state index in [1.165, 1.54) is 4.90 Å². The summed E-state index contributed by atoms with van der Waals surface area (Å²) in [5, 5.41) is 0. The number of carbonyl (C=O) groups is 2. The molecule has 4 heteroatoms. The molecule has 1 saturated heterocycles. The highest BCUT2D eigenvalue weighted by molar-refractivity contribution is 6.35. The second kappa shape index (κ2) is 6.34. The van der Waals surface area contributed by atoms with Gasteiger partial charge in [-0.1, -0.05) is 43.7 Å². The van der Waals surface area contributed by atoms with Crippen molar-refractivity contribution in [2.45, 2.75) is 32.6 Å². The fourth-order valence-electron chi connectivity index (χ4n) is 3.18. The molecule has 0 unspecified atom stereocenters. The van der Waals surface area contributed by atoms with E-state index < -0.39 is 0 Å². The first-order valence-electron chi connectivity index (χ1n) is 8.15. The van der Waals surface area contributed by atoms with E-state index in [-0.39, 0.29) is 11.8 Å². The van der Waals surface area contributed by atoms with Gasteiger partial charge in [0.1, 0.15) is 5.70 Å². The van der Waals surface area contributed by atoms with Gasteiger partial charge in [-0.05, 0) is 24.8 Å². The lowest BCUT2D eigenvalue weighted by atomic mass is 10.0. The van der Waals surface area contributed by atoms with Gasteiger partial charge in [-0.15, -0.1) is 0 Å². The minimum atomic E-state index is -0.133. The van der Waals surface area contributed by atoms with E-state index in [9.17, 15) is 9.59 Å². The number of rotatable bonds is 5. The summed E-state index contributed by atoms with van der Waals surface area (Å²) in [5.41, 5.74) is 2.05. The van der Waals surface area contributed by atoms with Gasteiger partial charge in [0.15, 0.2) is 0 Å². The average molecular weight is 298 g/mol. The van der Waals surface area contributed by atoms with Crippen LogP contribution in [-0.4, -0.2) is 41.2 Å². The second-order valence-electron chi connectivity index (χ2n) is 5.90. The predicted octanol–water partition coefficient (Wildman–Crippen LogP) is 2.66. The standard InChI is InChI=1S/C18H22N2O2/c1-2-3-13-20-17(21)15(14-9-5-4-6-10-14)16(18(20)22)19-11-7-8-12-19/h4-6,9-10H,2-3,7-8,11-13H2,1H3. The molecule has 2 amide bonds. The monoisotopic (exact) mass is 298 g/mol. The number of hydrogen-bond acceptors (Lipinski definition) is 3. The summed E-state index contributed by atoms with van der Waals surface area (Å²) in [6.07, 6.45) is 3.99. The van der Waals surface area contributed by atoms with Crippen molar-refractivity contribution in [3.05, 3.63) is 41.6 Å². The molecule has 2 aliphatic heterocycles. The van der Waals surface area contributed by atoms with Gasteiger partial charge in [0.2, 0.25) is 0 Å². The zero-order valence-electron chi connectivity index (χ0n) is 13.0. The molecule has 22 heavy (non-hydrogen) atoms. The molecule has 1 fully saturated rings. The first-order chi connectivity index (χ1) is 10.7. The summed E-state index contributed by atoms with van der Waals surface area (Å²) in [6, 6.07) is 9.59. The second-order valence-corrected chi connectivity index (χ2v) is 5.90. The summed E-state index contributed by atoms with van der Waals surface area (Å²) in [4.78, 5) is 29.1. The van der Waals surface area contributed by atoms with Gasteiger partial charge in [0, 0.05) is 19.6 Å². The van der Waals surface area contributed by atoms with E-state index in [0.717, 1.165) is 44.3 Å². The van der Waals surface area contributed by atoms with Gasteiger partial charge in [-0.2, -0.15) is 0 Å². The first-order valence-corrected chi connectivity index (χ1v) is 8.15. The molecule has 116 valence electrons. The number of unbranched alkanes of at least 4 members (excludes halogenated alkanes) is 1. The van der Waals surface area contributed by atoms with Crippen molar-refractivity contribution in [1.82, 2.24) is 9.80 Å². The number of benzene rings is 1. The Labute approximate surface area is 131 Å².